The third-order valence-electron chi connectivity index (χ3n) is 12.2. The first-order chi connectivity index (χ1) is 24.5. The fourth-order valence-corrected chi connectivity index (χ4v) is 8.42. The number of ether oxygens (including phenoxy) is 7. The minimum Gasteiger partial charge on any atom is -0.459 e. The molecule has 0 radical (unpaired) electrons. The Morgan fingerprint density at radius 2 is 1.49 bits per heavy atom. The van der Waals surface area contributed by atoms with Gasteiger partial charge in [-0.05, 0) is 81.8 Å². The molecule has 0 aliphatic carbocycles. The highest BCUT2D eigenvalue weighted by Gasteiger charge is 2.53. The van der Waals surface area contributed by atoms with Gasteiger partial charge >= 0.3 is 5.97 Å². The van der Waals surface area contributed by atoms with E-state index in [0.29, 0.717) is 6.42 Å². The first kappa shape index (κ1) is 45.9. The topological polar surface area (TPSA) is 195 Å². The summed E-state index contributed by atoms with van der Waals surface area (Å²) in [5.74, 6) is -3.58. The molecule has 0 aromatic heterocycles. The SMILES string of the molecule is CC[C@H]1OC(=O)[C@H](C)[C@@H](O[C@H]2C[C@@](C)(OC)[C@@H](O)[C@H](C)O2)[C@H](C)[C@@H](O[C@@H]2O[C@H](C)C[C@H](N(C)C)[C@H]2O)[C@](C)(OC)C[C@@H](C)C(=O)N[C@H](C)[C@@H](O)[C@]1(C)O. The average molecular weight is 763 g/mol. The molecular weight excluding hydrogens is 692 g/mol. The summed E-state index contributed by atoms with van der Waals surface area (Å²) in [5, 5.41) is 48.3. The Labute approximate surface area is 316 Å². The molecular formula is C38H70N2O13. The van der Waals surface area contributed by atoms with Crippen LogP contribution in [0.2, 0.25) is 0 Å². The molecule has 3 rings (SSSR count). The number of likely N-dealkylation sites (N-methyl/N-ethyl adjacent to an activating group) is 1. The number of carbonyl (C=O) groups is 2. The predicted molar refractivity (Wildman–Crippen MR) is 194 cm³/mol. The highest BCUT2D eigenvalue weighted by molar-refractivity contribution is 5.78. The van der Waals surface area contributed by atoms with Crippen molar-refractivity contribution >= 4 is 11.9 Å². The summed E-state index contributed by atoms with van der Waals surface area (Å²) in [5.41, 5.74) is -4.23. The molecule has 15 heteroatoms. The van der Waals surface area contributed by atoms with Crippen LogP contribution >= 0.6 is 0 Å². The van der Waals surface area contributed by atoms with Crippen LogP contribution in [0, 0.1) is 17.8 Å². The Bertz CT molecular complexity index is 1210. The fourth-order valence-electron chi connectivity index (χ4n) is 8.42. The van der Waals surface area contributed by atoms with E-state index in [2.05, 4.69) is 5.32 Å². The van der Waals surface area contributed by atoms with Gasteiger partial charge in [0, 0.05) is 38.5 Å². The summed E-state index contributed by atoms with van der Waals surface area (Å²) < 4.78 is 43.9. The van der Waals surface area contributed by atoms with Gasteiger partial charge in [-0.2, -0.15) is 0 Å². The van der Waals surface area contributed by atoms with Crippen molar-refractivity contribution in [3.05, 3.63) is 0 Å². The maximum absolute atomic E-state index is 14.2. The van der Waals surface area contributed by atoms with E-state index in [1.807, 2.05) is 32.8 Å². The van der Waals surface area contributed by atoms with Crippen molar-refractivity contribution in [3.8, 4) is 0 Å². The van der Waals surface area contributed by atoms with Gasteiger partial charge in [-0.25, -0.2) is 0 Å². The van der Waals surface area contributed by atoms with Crippen LogP contribution in [0.15, 0.2) is 0 Å². The third kappa shape index (κ3) is 10.1. The normalized spacial score (nSPS) is 48.4. The molecule has 1 amide bonds. The van der Waals surface area contributed by atoms with E-state index < -0.39 is 108 Å². The number of hydrogen-bond acceptors (Lipinski definition) is 14. The Morgan fingerprint density at radius 1 is 0.887 bits per heavy atom. The number of nitrogens with zero attached hydrogens (tertiary/aromatic N) is 1. The molecule has 0 saturated carbocycles. The fraction of sp³-hybridized carbons (Fsp3) is 0.947. The van der Waals surface area contributed by atoms with Crippen LogP contribution in [-0.2, 0) is 42.7 Å². The van der Waals surface area contributed by atoms with E-state index in [0.717, 1.165) is 0 Å². The van der Waals surface area contributed by atoms with Gasteiger partial charge in [0.25, 0.3) is 0 Å². The second-order valence-electron chi connectivity index (χ2n) is 16.7. The van der Waals surface area contributed by atoms with E-state index in [-0.39, 0.29) is 31.4 Å². The van der Waals surface area contributed by atoms with Gasteiger partial charge < -0.3 is 63.8 Å². The number of methoxy groups -OCH3 is 2. The molecule has 3 heterocycles. The molecule has 5 N–H and O–H groups in total. The second-order valence-corrected chi connectivity index (χ2v) is 16.7. The lowest BCUT2D eigenvalue weighted by Gasteiger charge is -2.49. The number of aliphatic hydroxyl groups is 4. The summed E-state index contributed by atoms with van der Waals surface area (Å²) in [6.07, 6.45) is -8.77. The summed E-state index contributed by atoms with van der Waals surface area (Å²) in [4.78, 5) is 29.9. The van der Waals surface area contributed by atoms with Crippen molar-refractivity contribution in [1.29, 1.82) is 0 Å². The van der Waals surface area contributed by atoms with E-state index in [9.17, 15) is 30.0 Å². The average Bonchev–Trinajstić information content (AvgIpc) is 3.09. The highest BCUT2D eigenvalue weighted by atomic mass is 16.7. The lowest BCUT2D eigenvalue weighted by atomic mass is 9.77. The number of cyclic esters (lactones) is 1. The van der Waals surface area contributed by atoms with E-state index in [1.54, 1.807) is 48.5 Å². The van der Waals surface area contributed by atoms with Gasteiger partial charge in [-0.1, -0.05) is 20.8 Å². The van der Waals surface area contributed by atoms with Gasteiger partial charge in [-0.15, -0.1) is 0 Å². The number of hydrogen-bond donors (Lipinski definition) is 5. The van der Waals surface area contributed by atoms with Gasteiger partial charge in [-0.3, -0.25) is 9.59 Å². The molecule has 3 aliphatic heterocycles. The Kier molecular flexibility index (Phi) is 15.7. The predicted octanol–water partition coefficient (Wildman–Crippen LogP) is 1.74. The monoisotopic (exact) mass is 762 g/mol. The molecule has 3 fully saturated rings. The maximum Gasteiger partial charge on any atom is 0.311 e. The van der Waals surface area contributed by atoms with Crippen molar-refractivity contribution in [2.75, 3.05) is 28.3 Å². The lowest BCUT2D eigenvalue weighted by molar-refractivity contribution is -0.319. The molecule has 0 aromatic carbocycles. The van der Waals surface area contributed by atoms with Gasteiger partial charge in [0.05, 0.1) is 47.6 Å². The summed E-state index contributed by atoms with van der Waals surface area (Å²) in [7, 11) is 6.76. The molecule has 0 spiro atoms. The van der Waals surface area contributed by atoms with Crippen molar-refractivity contribution in [3.63, 3.8) is 0 Å². The number of carbonyl (C=O) groups excluding carboxylic acids is 2. The second kappa shape index (κ2) is 18.2. The van der Waals surface area contributed by atoms with Crippen LogP contribution in [0.1, 0.15) is 94.9 Å². The molecule has 0 aromatic rings. The first-order valence-electron chi connectivity index (χ1n) is 19.1. The number of esters is 1. The molecule has 3 saturated heterocycles. The first-order valence-corrected chi connectivity index (χ1v) is 19.1. The summed E-state index contributed by atoms with van der Waals surface area (Å²) >= 11 is 0. The van der Waals surface area contributed by atoms with Gasteiger partial charge in [0.15, 0.2) is 12.6 Å². The van der Waals surface area contributed by atoms with Crippen molar-refractivity contribution in [2.24, 2.45) is 17.8 Å². The van der Waals surface area contributed by atoms with Gasteiger partial charge in [0.2, 0.25) is 5.91 Å². The maximum atomic E-state index is 14.2. The molecule has 310 valence electrons. The molecule has 18 atom stereocenters. The number of rotatable bonds is 8. The van der Waals surface area contributed by atoms with E-state index in [1.165, 1.54) is 21.1 Å². The van der Waals surface area contributed by atoms with Crippen LogP contribution in [0.4, 0.5) is 0 Å². The van der Waals surface area contributed by atoms with E-state index >= 15 is 0 Å². The zero-order chi connectivity index (χ0) is 40.4. The molecule has 15 nitrogen and oxygen atoms in total. The van der Waals surface area contributed by atoms with Crippen LogP contribution < -0.4 is 5.32 Å². The third-order valence-corrected chi connectivity index (χ3v) is 12.2. The van der Waals surface area contributed by atoms with Crippen molar-refractivity contribution < 1.29 is 63.2 Å². The Hall–Kier alpha value is -1.50. The smallest absolute Gasteiger partial charge is 0.311 e. The zero-order valence-electron chi connectivity index (χ0n) is 34.4. The number of amides is 1. The van der Waals surface area contributed by atoms with Crippen LogP contribution in [-0.4, -0.2) is 156 Å². The molecule has 0 unspecified atom stereocenters. The standard InChI is InChI=1S/C38H70N2O13/c1-15-26-38(10,46)30(42)23(6)39-33(44)19(2)17-37(9,48-14)32(53-35-28(41)25(40(11)12)16-20(3)49-35)21(4)29(22(5)34(45)51-26)52-27-18-36(8,47-13)31(43)24(7)50-27/h19-32,35,41-43,46H,15-18H2,1-14H3,(H,39,44)/t19-,20-,21+,22-,23-,24+,25+,26-,27+,28-,29+,30-,31+,32-,35+,36-,37-,38-/m1/s1. The van der Waals surface area contributed by atoms with E-state index in [4.69, 9.17) is 33.2 Å². The Morgan fingerprint density at radius 3 is 2.04 bits per heavy atom. The number of nitrogens with one attached hydrogen (secondary N) is 1. The van der Waals surface area contributed by atoms with Crippen molar-refractivity contribution in [1.82, 2.24) is 10.2 Å². The lowest BCUT2D eigenvalue weighted by Crippen LogP contribution is -2.61. The minimum atomic E-state index is -1.94. The molecule has 0 bridgehead atoms. The van der Waals surface area contributed by atoms with Crippen LogP contribution in [0.25, 0.3) is 0 Å². The highest BCUT2D eigenvalue weighted by Crippen LogP contribution is 2.41. The largest absolute Gasteiger partial charge is 0.459 e. The zero-order valence-corrected chi connectivity index (χ0v) is 34.4. The molecule has 3 aliphatic rings. The Balaban J connectivity index is 2.22. The summed E-state index contributed by atoms with van der Waals surface area (Å²) in [6.45, 7) is 17.0. The minimum absolute atomic E-state index is 0.104. The summed E-state index contributed by atoms with van der Waals surface area (Å²) in [6, 6.07) is -1.21. The van der Waals surface area contributed by atoms with Crippen LogP contribution in [0.5, 0.6) is 0 Å². The van der Waals surface area contributed by atoms with Crippen LogP contribution in [0.3, 0.4) is 0 Å². The van der Waals surface area contributed by atoms with Gasteiger partial charge in [0.1, 0.15) is 30.0 Å². The number of aliphatic hydroxyl groups excluding tert-OH is 3. The molecule has 53 heavy (non-hydrogen) atoms. The quantitative estimate of drug-likeness (QED) is 0.225. The van der Waals surface area contributed by atoms with Crippen molar-refractivity contribution in [2.45, 2.75) is 185 Å².